The molecule has 2 aromatic heterocycles. The molecule has 0 aromatic carbocycles. The molecule has 1 fully saturated rings. The van der Waals surface area contributed by atoms with Crippen molar-refractivity contribution in [2.24, 2.45) is 0 Å². The average Bonchev–Trinajstić information content (AvgIpc) is 3.08. The van der Waals surface area contributed by atoms with Crippen molar-refractivity contribution in [1.29, 1.82) is 0 Å². The number of carbonyl (C=O) groups excluding carboxylic acids is 1. The summed E-state index contributed by atoms with van der Waals surface area (Å²) in [7, 11) is 0. The van der Waals surface area contributed by atoms with Gasteiger partial charge >= 0.3 is 0 Å². The van der Waals surface area contributed by atoms with Crippen LogP contribution in [0.5, 0.6) is 0 Å². The van der Waals surface area contributed by atoms with Gasteiger partial charge in [0.15, 0.2) is 12.4 Å². The maximum Gasteiger partial charge on any atom is 0.263 e. The van der Waals surface area contributed by atoms with Gasteiger partial charge in [-0.15, -0.1) is 10.2 Å². The van der Waals surface area contributed by atoms with Gasteiger partial charge in [0, 0.05) is 12.7 Å². The summed E-state index contributed by atoms with van der Waals surface area (Å²) in [6.45, 7) is 0.736. The molecule has 2 aromatic rings. The highest BCUT2D eigenvalue weighted by molar-refractivity contribution is 7.15. The molecule has 1 aliphatic heterocycles. The minimum absolute atomic E-state index is 0.0151. The standard InChI is InChI=1S/C12H12N4O3S/c17-10(8-3-1-5-16(18)7-8)13-12-15-14-11(20-12)9-4-2-6-19-9/h1,3,5,7,9H,2,4,6H2,(H,13,15,17). The third-order valence-corrected chi connectivity index (χ3v) is 3.83. The van der Waals surface area contributed by atoms with Gasteiger partial charge in [-0.05, 0) is 18.9 Å². The van der Waals surface area contributed by atoms with Gasteiger partial charge in [0.2, 0.25) is 5.13 Å². The zero-order valence-electron chi connectivity index (χ0n) is 10.5. The lowest BCUT2D eigenvalue weighted by Crippen LogP contribution is -2.27. The van der Waals surface area contributed by atoms with Crippen molar-refractivity contribution in [1.82, 2.24) is 10.2 Å². The molecular weight excluding hydrogens is 280 g/mol. The smallest absolute Gasteiger partial charge is 0.263 e. The van der Waals surface area contributed by atoms with Crippen LogP contribution in [0.3, 0.4) is 0 Å². The van der Waals surface area contributed by atoms with Crippen LogP contribution in [0.4, 0.5) is 5.13 Å². The number of carbonyl (C=O) groups is 1. The summed E-state index contributed by atoms with van der Waals surface area (Å²) < 4.78 is 6.08. The predicted molar refractivity (Wildman–Crippen MR) is 71.2 cm³/mol. The lowest BCUT2D eigenvalue weighted by atomic mass is 10.2. The average molecular weight is 292 g/mol. The second-order valence-corrected chi connectivity index (χ2v) is 5.36. The van der Waals surface area contributed by atoms with E-state index in [1.165, 1.54) is 29.8 Å². The minimum atomic E-state index is -0.384. The van der Waals surface area contributed by atoms with E-state index in [2.05, 4.69) is 15.5 Å². The number of hydrogen-bond acceptors (Lipinski definition) is 6. The fourth-order valence-electron chi connectivity index (χ4n) is 1.95. The first-order valence-corrected chi connectivity index (χ1v) is 6.99. The summed E-state index contributed by atoms with van der Waals surface area (Å²) in [6.07, 6.45) is 4.45. The Morgan fingerprint density at radius 2 is 2.45 bits per heavy atom. The van der Waals surface area contributed by atoms with Crippen molar-refractivity contribution in [3.8, 4) is 0 Å². The highest BCUT2D eigenvalue weighted by atomic mass is 32.1. The van der Waals surface area contributed by atoms with Crippen molar-refractivity contribution < 1.29 is 14.3 Å². The lowest BCUT2D eigenvalue weighted by Gasteiger charge is -2.02. The molecule has 1 atom stereocenters. The Bertz CT molecular complexity index is 625. The number of amides is 1. The molecule has 3 heterocycles. The summed E-state index contributed by atoms with van der Waals surface area (Å²) in [5.74, 6) is -0.384. The molecule has 1 aliphatic rings. The third-order valence-electron chi connectivity index (χ3n) is 2.90. The normalized spacial score (nSPS) is 18.1. The van der Waals surface area contributed by atoms with Crippen LogP contribution in [-0.2, 0) is 4.74 Å². The van der Waals surface area contributed by atoms with Gasteiger partial charge in [-0.25, -0.2) is 0 Å². The molecule has 0 aliphatic carbocycles. The van der Waals surface area contributed by atoms with E-state index in [9.17, 15) is 10.0 Å². The molecule has 0 bridgehead atoms. The molecule has 1 unspecified atom stereocenters. The first kappa shape index (κ1) is 12.9. The maximum atomic E-state index is 11.9. The van der Waals surface area contributed by atoms with Gasteiger partial charge in [-0.1, -0.05) is 11.3 Å². The summed E-state index contributed by atoms with van der Waals surface area (Å²) in [6, 6.07) is 3.07. The van der Waals surface area contributed by atoms with E-state index < -0.39 is 0 Å². The van der Waals surface area contributed by atoms with Gasteiger partial charge in [0.1, 0.15) is 16.7 Å². The van der Waals surface area contributed by atoms with E-state index in [0.717, 1.165) is 24.5 Å². The molecule has 3 rings (SSSR count). The number of aromatic nitrogens is 3. The molecule has 104 valence electrons. The van der Waals surface area contributed by atoms with Crippen LogP contribution >= 0.6 is 11.3 Å². The Kier molecular flexibility index (Phi) is 3.57. The summed E-state index contributed by atoms with van der Waals surface area (Å²) in [5, 5.41) is 22.9. The monoisotopic (exact) mass is 292 g/mol. The van der Waals surface area contributed by atoms with Crippen molar-refractivity contribution in [3.05, 3.63) is 40.3 Å². The van der Waals surface area contributed by atoms with E-state index in [0.29, 0.717) is 9.86 Å². The van der Waals surface area contributed by atoms with Gasteiger partial charge in [0.05, 0.1) is 0 Å². The topological polar surface area (TPSA) is 91.0 Å². The summed E-state index contributed by atoms with van der Waals surface area (Å²) >= 11 is 1.29. The van der Waals surface area contributed by atoms with Gasteiger partial charge < -0.3 is 9.94 Å². The van der Waals surface area contributed by atoms with E-state index in [1.807, 2.05) is 0 Å². The predicted octanol–water partition coefficient (Wildman–Crippen LogP) is 1.28. The molecule has 0 radical (unpaired) electrons. The first-order valence-electron chi connectivity index (χ1n) is 6.17. The Hall–Kier alpha value is -2.06. The number of hydrogen-bond donors (Lipinski definition) is 1. The van der Waals surface area contributed by atoms with Crippen LogP contribution in [0.25, 0.3) is 0 Å². The van der Waals surface area contributed by atoms with Crippen LogP contribution in [0, 0.1) is 5.21 Å². The Labute approximate surface area is 118 Å². The van der Waals surface area contributed by atoms with E-state index in [1.54, 1.807) is 6.07 Å². The van der Waals surface area contributed by atoms with Crippen LogP contribution < -0.4 is 10.0 Å². The van der Waals surface area contributed by atoms with Gasteiger partial charge in [-0.2, -0.15) is 4.73 Å². The van der Waals surface area contributed by atoms with Crippen molar-refractivity contribution >= 4 is 22.4 Å². The van der Waals surface area contributed by atoms with Crippen LogP contribution in [0.1, 0.15) is 34.3 Å². The number of nitrogens with zero attached hydrogens (tertiary/aromatic N) is 3. The number of pyridine rings is 1. The number of nitrogens with one attached hydrogen (secondary N) is 1. The molecule has 20 heavy (non-hydrogen) atoms. The lowest BCUT2D eigenvalue weighted by molar-refractivity contribution is -0.605. The Balaban J connectivity index is 1.70. The second kappa shape index (κ2) is 5.51. The maximum absolute atomic E-state index is 11.9. The zero-order chi connectivity index (χ0) is 13.9. The van der Waals surface area contributed by atoms with Crippen LogP contribution in [0.2, 0.25) is 0 Å². The molecule has 7 nitrogen and oxygen atoms in total. The van der Waals surface area contributed by atoms with Crippen molar-refractivity contribution in [3.63, 3.8) is 0 Å². The summed E-state index contributed by atoms with van der Waals surface area (Å²) in [4.78, 5) is 11.9. The van der Waals surface area contributed by atoms with Gasteiger partial charge in [0.25, 0.3) is 5.91 Å². The summed E-state index contributed by atoms with van der Waals surface area (Å²) in [5.41, 5.74) is 0.274. The number of rotatable bonds is 3. The van der Waals surface area contributed by atoms with Crippen molar-refractivity contribution in [2.75, 3.05) is 11.9 Å². The van der Waals surface area contributed by atoms with Crippen molar-refractivity contribution in [2.45, 2.75) is 18.9 Å². The van der Waals surface area contributed by atoms with Crippen LogP contribution in [-0.4, -0.2) is 22.7 Å². The zero-order valence-corrected chi connectivity index (χ0v) is 11.3. The van der Waals surface area contributed by atoms with E-state index in [-0.39, 0.29) is 17.6 Å². The molecule has 0 spiro atoms. The Morgan fingerprint density at radius 3 is 3.20 bits per heavy atom. The van der Waals surface area contributed by atoms with Gasteiger partial charge in [-0.3, -0.25) is 10.1 Å². The Morgan fingerprint density at radius 1 is 1.55 bits per heavy atom. The minimum Gasteiger partial charge on any atom is -0.619 e. The fraction of sp³-hybridized carbons (Fsp3) is 0.333. The second-order valence-electron chi connectivity index (χ2n) is 4.35. The quantitative estimate of drug-likeness (QED) is 0.679. The number of anilines is 1. The third kappa shape index (κ3) is 2.75. The molecule has 0 saturated carbocycles. The van der Waals surface area contributed by atoms with E-state index >= 15 is 0 Å². The van der Waals surface area contributed by atoms with Crippen LogP contribution in [0.15, 0.2) is 24.5 Å². The van der Waals surface area contributed by atoms with E-state index in [4.69, 9.17) is 4.74 Å². The molecule has 8 heteroatoms. The molecule has 1 amide bonds. The molecule has 1 N–H and O–H groups in total. The fourth-order valence-corrected chi connectivity index (χ4v) is 2.77. The highest BCUT2D eigenvalue weighted by Crippen LogP contribution is 2.31. The molecule has 1 saturated heterocycles. The SMILES string of the molecule is O=C(Nc1nnc(C2CCCO2)s1)c1ccc[n+]([O-])c1. The first-order chi connectivity index (χ1) is 9.72. The number of ether oxygens (including phenoxy) is 1. The largest absolute Gasteiger partial charge is 0.619 e. The highest BCUT2D eigenvalue weighted by Gasteiger charge is 2.22. The molecular formula is C12H12N4O3S.